The van der Waals surface area contributed by atoms with Gasteiger partial charge in [-0.2, -0.15) is 4.98 Å². The molecule has 5 rings (SSSR count). The van der Waals surface area contributed by atoms with Gasteiger partial charge in [-0.3, -0.25) is 5.10 Å². The van der Waals surface area contributed by atoms with E-state index in [2.05, 4.69) is 38.3 Å². The third-order valence-electron chi connectivity index (χ3n) is 5.41. The van der Waals surface area contributed by atoms with Crippen molar-refractivity contribution in [1.82, 2.24) is 14.8 Å². The van der Waals surface area contributed by atoms with Crippen molar-refractivity contribution in [3.8, 4) is 11.4 Å². The molecule has 2 aromatic heterocycles. The van der Waals surface area contributed by atoms with Crippen molar-refractivity contribution >= 4 is 23.6 Å². The molecule has 2 N–H and O–H groups in total. The molecule has 1 aliphatic carbocycles. The zero-order valence-corrected chi connectivity index (χ0v) is 15.6. The summed E-state index contributed by atoms with van der Waals surface area (Å²) < 4.78 is 2.71. The van der Waals surface area contributed by atoms with E-state index in [0.717, 1.165) is 24.0 Å². The first-order valence-electron chi connectivity index (χ1n) is 8.93. The Kier molecular flexibility index (Phi) is 3.84. The molecule has 1 aromatic carbocycles. The van der Waals surface area contributed by atoms with Gasteiger partial charge in [0.2, 0.25) is 4.77 Å². The Morgan fingerprint density at radius 2 is 2.08 bits per heavy atom. The Balaban J connectivity index is 1.44. The second kappa shape index (κ2) is 6.20. The van der Waals surface area contributed by atoms with Crippen LogP contribution in [0.1, 0.15) is 29.3 Å². The normalized spacial score (nSPS) is 22.7. The van der Waals surface area contributed by atoms with Crippen LogP contribution in [0.3, 0.4) is 0 Å². The van der Waals surface area contributed by atoms with Gasteiger partial charge in [-0.25, -0.2) is 4.68 Å². The summed E-state index contributed by atoms with van der Waals surface area (Å²) in [5.41, 5.74) is 2.67. The number of hydrogen-bond donors (Lipinski definition) is 2. The Hall–Kier alpha value is -1.76. The topological polar surface area (TPSA) is 38.0 Å². The van der Waals surface area contributed by atoms with Crippen molar-refractivity contribution in [2.75, 3.05) is 6.54 Å². The Bertz CT molecular complexity index is 936. The zero-order valence-electron chi connectivity index (χ0n) is 13.9. The van der Waals surface area contributed by atoms with E-state index < -0.39 is 0 Å². The highest BCUT2D eigenvalue weighted by atomic mass is 32.1. The van der Waals surface area contributed by atoms with Crippen molar-refractivity contribution in [3.05, 3.63) is 57.0 Å². The third kappa shape index (κ3) is 2.88. The number of benzene rings is 1. The number of thiophene rings is 1. The second-order valence-electron chi connectivity index (χ2n) is 7.08. The number of aromatic nitrogens is 3. The van der Waals surface area contributed by atoms with Gasteiger partial charge in [0, 0.05) is 28.3 Å². The minimum absolute atomic E-state index is 0.625. The highest BCUT2D eigenvalue weighted by Crippen LogP contribution is 2.42. The number of aromatic amines is 1. The molecule has 1 saturated carbocycles. The van der Waals surface area contributed by atoms with E-state index in [4.69, 9.17) is 12.2 Å². The summed E-state index contributed by atoms with van der Waals surface area (Å²) in [6.07, 6.45) is 3.92. The number of nitrogens with one attached hydrogen (secondary N) is 2. The fourth-order valence-electron chi connectivity index (χ4n) is 4.07. The molecule has 128 valence electrons. The van der Waals surface area contributed by atoms with Crippen LogP contribution in [0.2, 0.25) is 0 Å². The number of H-pyrrole nitrogens is 1. The standard InChI is InChI=1S/C19H20N4S2/c24-19-20-18(14-4-2-1-3-5-14)21-23(19)12-22-10-8-16-15(9-11-25-16)17(22)13-6-7-13/h1-5,9,11,13,17H,6-8,10,12H2,(H,20,21,24)/p+1/t17-/m1/s1. The first-order valence-corrected chi connectivity index (χ1v) is 10.2. The molecule has 0 spiro atoms. The van der Waals surface area contributed by atoms with Gasteiger partial charge in [0.15, 0.2) is 12.5 Å². The molecule has 0 bridgehead atoms. The molecule has 25 heavy (non-hydrogen) atoms. The molecule has 3 heterocycles. The zero-order chi connectivity index (χ0) is 16.8. The Morgan fingerprint density at radius 3 is 2.88 bits per heavy atom. The van der Waals surface area contributed by atoms with Crippen molar-refractivity contribution < 1.29 is 4.90 Å². The van der Waals surface area contributed by atoms with Crippen molar-refractivity contribution in [2.24, 2.45) is 5.92 Å². The summed E-state index contributed by atoms with van der Waals surface area (Å²) in [7, 11) is 0. The third-order valence-corrected chi connectivity index (χ3v) is 6.72. The first-order chi connectivity index (χ1) is 12.3. The monoisotopic (exact) mass is 369 g/mol. The largest absolute Gasteiger partial charge is 0.310 e. The van der Waals surface area contributed by atoms with Crippen molar-refractivity contribution in [1.29, 1.82) is 0 Å². The number of quaternary nitrogens is 1. The lowest BCUT2D eigenvalue weighted by Gasteiger charge is -2.32. The molecule has 0 radical (unpaired) electrons. The maximum atomic E-state index is 5.53. The number of fused-ring (bicyclic) bond motifs is 1. The molecule has 0 saturated heterocycles. The predicted molar refractivity (Wildman–Crippen MR) is 102 cm³/mol. The predicted octanol–water partition coefficient (Wildman–Crippen LogP) is 3.22. The quantitative estimate of drug-likeness (QED) is 0.693. The van der Waals surface area contributed by atoms with Crippen LogP contribution in [0, 0.1) is 10.7 Å². The maximum absolute atomic E-state index is 5.53. The molecule has 1 fully saturated rings. The minimum Gasteiger partial charge on any atom is -0.310 e. The molecule has 4 nitrogen and oxygen atoms in total. The van der Waals surface area contributed by atoms with E-state index >= 15 is 0 Å². The van der Waals surface area contributed by atoms with Crippen LogP contribution < -0.4 is 4.90 Å². The average molecular weight is 370 g/mol. The van der Waals surface area contributed by atoms with Gasteiger partial charge in [0.05, 0.1) is 6.54 Å². The van der Waals surface area contributed by atoms with Crippen LogP contribution in [0.5, 0.6) is 0 Å². The molecular weight excluding hydrogens is 348 g/mol. The SMILES string of the molecule is S=c1nc(-c2ccccc2)[nH]n1C[NH+]1CCc2sccc2[C@H]1C1CC1. The van der Waals surface area contributed by atoms with Crippen molar-refractivity contribution in [3.63, 3.8) is 0 Å². The summed E-state index contributed by atoms with van der Waals surface area (Å²) in [6.45, 7) is 2.05. The van der Waals surface area contributed by atoms with E-state index in [9.17, 15) is 0 Å². The van der Waals surface area contributed by atoms with Crippen LogP contribution in [0.15, 0.2) is 41.8 Å². The second-order valence-corrected chi connectivity index (χ2v) is 8.45. The smallest absolute Gasteiger partial charge is 0.221 e. The van der Waals surface area contributed by atoms with Gasteiger partial charge in [-0.05, 0) is 36.5 Å². The summed E-state index contributed by atoms with van der Waals surface area (Å²) >= 11 is 7.46. The fraction of sp³-hybridized carbons (Fsp3) is 0.368. The highest BCUT2D eigenvalue weighted by Gasteiger charge is 2.43. The summed E-state index contributed by atoms with van der Waals surface area (Å²) in [5.74, 6) is 1.70. The summed E-state index contributed by atoms with van der Waals surface area (Å²) in [6, 6.07) is 13.2. The van der Waals surface area contributed by atoms with Gasteiger partial charge in [0.25, 0.3) is 0 Å². The van der Waals surface area contributed by atoms with E-state index in [1.165, 1.54) is 25.8 Å². The molecule has 6 heteroatoms. The number of rotatable bonds is 4. The average Bonchev–Trinajstić information content (AvgIpc) is 3.24. The number of hydrogen-bond acceptors (Lipinski definition) is 3. The molecule has 1 unspecified atom stereocenters. The molecule has 2 atom stereocenters. The van der Waals surface area contributed by atoms with Gasteiger partial charge >= 0.3 is 0 Å². The fourth-order valence-corrected chi connectivity index (χ4v) is 5.20. The molecule has 1 aliphatic heterocycles. The first kappa shape index (κ1) is 15.5. The summed E-state index contributed by atoms with van der Waals surface area (Å²) in [4.78, 5) is 7.79. The molecule has 3 aromatic rings. The van der Waals surface area contributed by atoms with Gasteiger partial charge < -0.3 is 4.90 Å². The summed E-state index contributed by atoms with van der Waals surface area (Å²) in [5, 5.41) is 5.69. The van der Waals surface area contributed by atoms with E-state index in [1.807, 2.05) is 29.5 Å². The Morgan fingerprint density at radius 1 is 1.24 bits per heavy atom. The van der Waals surface area contributed by atoms with Crippen LogP contribution in [0.4, 0.5) is 0 Å². The van der Waals surface area contributed by atoms with Crippen LogP contribution in [-0.4, -0.2) is 21.3 Å². The lowest BCUT2D eigenvalue weighted by atomic mass is 9.96. The molecule has 2 aliphatic rings. The van der Waals surface area contributed by atoms with E-state index in [0.29, 0.717) is 10.8 Å². The van der Waals surface area contributed by atoms with Gasteiger partial charge in [-0.15, -0.1) is 11.3 Å². The van der Waals surface area contributed by atoms with Crippen molar-refractivity contribution in [2.45, 2.75) is 32.0 Å². The lowest BCUT2D eigenvalue weighted by Crippen LogP contribution is -3.13. The maximum Gasteiger partial charge on any atom is 0.221 e. The molecular formula is C19H21N4S2+. The lowest BCUT2D eigenvalue weighted by molar-refractivity contribution is -0.958. The minimum atomic E-state index is 0.625. The van der Waals surface area contributed by atoms with Gasteiger partial charge in [0.1, 0.15) is 6.04 Å². The van der Waals surface area contributed by atoms with E-state index in [1.54, 1.807) is 15.3 Å². The van der Waals surface area contributed by atoms with Crippen LogP contribution in [-0.2, 0) is 13.1 Å². The van der Waals surface area contributed by atoms with Crippen LogP contribution >= 0.6 is 23.6 Å². The van der Waals surface area contributed by atoms with Gasteiger partial charge in [-0.1, -0.05) is 30.3 Å². The van der Waals surface area contributed by atoms with E-state index in [-0.39, 0.29) is 0 Å². The number of nitrogens with zero attached hydrogens (tertiary/aromatic N) is 2. The van der Waals surface area contributed by atoms with Crippen LogP contribution in [0.25, 0.3) is 11.4 Å². The Labute approximate surface area is 156 Å². The molecule has 0 amide bonds. The highest BCUT2D eigenvalue weighted by molar-refractivity contribution is 7.71.